The molecule has 0 aromatic heterocycles. The molecule has 2 unspecified atom stereocenters. The molecule has 98 heavy (non-hydrogen) atoms. The van der Waals surface area contributed by atoms with Crippen LogP contribution in [-0.2, 0) is 46.9 Å². The van der Waals surface area contributed by atoms with Crippen molar-refractivity contribution in [2.75, 3.05) is 60.0 Å². The van der Waals surface area contributed by atoms with E-state index in [1.54, 1.807) is 6.92 Å². The van der Waals surface area contributed by atoms with E-state index in [1.807, 2.05) is 0 Å². The van der Waals surface area contributed by atoms with Crippen molar-refractivity contribution in [2.24, 2.45) is 0 Å². The lowest BCUT2D eigenvalue weighted by atomic mass is 10.1. The van der Waals surface area contributed by atoms with E-state index in [1.165, 1.54) is 156 Å². The summed E-state index contributed by atoms with van der Waals surface area (Å²) < 4.78 is 44.7. The molecule has 0 aliphatic heterocycles. The van der Waals surface area contributed by atoms with Gasteiger partial charge < -0.3 is 42.4 Å². The first-order valence-corrected chi connectivity index (χ1v) is 42.1. The summed E-state index contributed by atoms with van der Waals surface area (Å²) in [6.45, 7) is 25.4. The van der Waals surface area contributed by atoms with Crippen LogP contribution in [0.2, 0.25) is 10.1 Å². The molecule has 0 spiro atoms. The summed E-state index contributed by atoms with van der Waals surface area (Å²) in [4.78, 5) is 31.0. The fraction of sp³-hybridized carbons (Fsp3) is 0.659. The van der Waals surface area contributed by atoms with Gasteiger partial charge in [-0.3, -0.25) is 9.59 Å². The van der Waals surface area contributed by atoms with Crippen LogP contribution in [0.3, 0.4) is 0 Å². The highest BCUT2D eigenvalue weighted by Crippen LogP contribution is 2.39. The van der Waals surface area contributed by atoms with Gasteiger partial charge in [-0.05, 0) is 95.0 Å². The Morgan fingerprint density at radius 2 is 0.653 bits per heavy atom. The molecule has 4 aromatic carbocycles. The Morgan fingerprint density at radius 3 is 0.908 bits per heavy atom. The minimum absolute atomic E-state index is 0. The molecule has 13 heteroatoms. The maximum Gasteiger partial charge on any atom is 0.305 e. The van der Waals surface area contributed by atoms with Gasteiger partial charge in [0.15, 0.2) is 0 Å². The zero-order chi connectivity index (χ0) is 70.8. The van der Waals surface area contributed by atoms with Gasteiger partial charge in [0.1, 0.15) is 6.29 Å². The lowest BCUT2D eigenvalue weighted by molar-refractivity contribution is -0.140. The second-order valence-electron chi connectivity index (χ2n) is 28.4. The van der Waals surface area contributed by atoms with Crippen LogP contribution in [0, 0.1) is 0 Å². The number of benzene rings is 4. The van der Waals surface area contributed by atoms with Gasteiger partial charge in [-0.15, -0.1) is 0 Å². The van der Waals surface area contributed by atoms with Crippen LogP contribution in [-0.4, -0.2) is 112 Å². The van der Waals surface area contributed by atoms with E-state index in [2.05, 4.69) is 189 Å². The Hall–Kier alpha value is -4.58. The van der Waals surface area contributed by atoms with E-state index in [4.69, 9.17) is 37.6 Å². The van der Waals surface area contributed by atoms with Crippen LogP contribution in [0.15, 0.2) is 133 Å². The Morgan fingerprint density at radius 1 is 0.398 bits per heavy atom. The zero-order valence-electron chi connectivity index (χ0n) is 63.0. The summed E-state index contributed by atoms with van der Waals surface area (Å²) >= 11 is 0. The Balaban J connectivity index is 0.000000924. The molecule has 0 fully saturated rings. The van der Waals surface area contributed by atoms with Crippen molar-refractivity contribution < 1.29 is 52.0 Å². The third-order valence-electron chi connectivity index (χ3n) is 18.0. The Bertz CT molecular complexity index is 2410. The quantitative estimate of drug-likeness (QED) is 0.0149. The smallest absolute Gasteiger partial charge is 0.305 e. The standard InChI is InChI=1S/C45H74O5Si.C36H58O4Si.C3H6O2.CH4/c1-6-7-8-9-21-30-37-48-39-41(50-51(45(2,3)4,42-32-25-23-26-33-42)43-34-27-24-28-35-43)40-49-38-31-22-19-17-15-13-11-10-12-14-16-18-20-29-36-44(46)47-5;1-5-6-7-8-13-22-29-38-31-33(32-39-30-23-14-11-9-10-12-21-28-37)40-41(36(2,3)4,34-24-17-15-18-25-34)35-26-19-16-20-27-35;1-2-3(4)5;/h10,12,23-28,32-35,41H,6-9,11,13-22,29-31,36-40H2,1-5H3;15-20,24-28,33H,5-14,21-23,29-32H2,1-4H3;2H2,1H3,(H,4,5);1H4/b12-10-;;;. The number of carboxylic acids is 1. The average molecular weight is 1400 g/mol. The highest BCUT2D eigenvalue weighted by molar-refractivity contribution is 7.00. The first kappa shape index (κ1) is 91.4. The molecule has 0 aliphatic rings. The van der Waals surface area contributed by atoms with Crippen molar-refractivity contribution in [3.05, 3.63) is 133 Å². The topological polar surface area (TPSA) is 136 Å². The molecule has 2 atom stereocenters. The van der Waals surface area contributed by atoms with Crippen LogP contribution in [0.25, 0.3) is 0 Å². The number of ether oxygens (including phenoxy) is 5. The molecule has 0 saturated heterocycles. The molecule has 0 heterocycles. The van der Waals surface area contributed by atoms with E-state index in [9.17, 15) is 14.4 Å². The summed E-state index contributed by atoms with van der Waals surface area (Å²) in [5.41, 5.74) is 0. The number of allylic oxidation sites excluding steroid dienone is 2. The highest BCUT2D eigenvalue weighted by atomic mass is 28.4. The molecule has 556 valence electrons. The molecule has 0 saturated carbocycles. The van der Waals surface area contributed by atoms with E-state index in [0.29, 0.717) is 39.3 Å². The van der Waals surface area contributed by atoms with Gasteiger partial charge in [0, 0.05) is 45.7 Å². The molecule has 0 aliphatic carbocycles. The maximum absolute atomic E-state index is 11.2. The molecular formula is C85H142O11Si2. The number of aldehydes is 1. The number of esters is 1. The van der Waals surface area contributed by atoms with Crippen molar-refractivity contribution in [3.8, 4) is 0 Å². The van der Waals surface area contributed by atoms with Gasteiger partial charge in [0.2, 0.25) is 0 Å². The first-order valence-electron chi connectivity index (χ1n) is 38.3. The molecule has 0 bridgehead atoms. The molecule has 0 amide bonds. The molecular weight excluding hydrogens is 1250 g/mol. The number of carbonyl (C=O) groups is 3. The molecule has 4 aromatic rings. The highest BCUT2D eigenvalue weighted by Gasteiger charge is 2.53. The third-order valence-corrected chi connectivity index (χ3v) is 28.2. The van der Waals surface area contributed by atoms with Gasteiger partial charge in [-0.1, -0.05) is 332 Å². The van der Waals surface area contributed by atoms with Crippen molar-refractivity contribution in [1.29, 1.82) is 0 Å². The van der Waals surface area contributed by atoms with Crippen LogP contribution < -0.4 is 20.7 Å². The van der Waals surface area contributed by atoms with Gasteiger partial charge in [-0.2, -0.15) is 0 Å². The van der Waals surface area contributed by atoms with Crippen LogP contribution in [0.5, 0.6) is 0 Å². The molecule has 11 nitrogen and oxygen atoms in total. The SMILES string of the molecule is C.CCC(=O)O.CCCCCCCCOCC(COCCCCCCCC/C=C\CCCCCCC(=O)OC)O[Si](c1ccccc1)(c1ccccc1)C(C)(C)C.CCCCCCCCOCC(COCCCCCCCCC=O)O[Si](c1ccccc1)(c1ccccc1)C(C)(C)C. The van der Waals surface area contributed by atoms with Crippen molar-refractivity contribution in [3.63, 3.8) is 0 Å². The predicted molar refractivity (Wildman–Crippen MR) is 419 cm³/mol. The minimum Gasteiger partial charge on any atom is -0.481 e. The molecule has 1 N–H and O–H groups in total. The summed E-state index contributed by atoms with van der Waals surface area (Å²) in [6, 6.07) is 43.5. The second-order valence-corrected chi connectivity index (χ2v) is 36.9. The summed E-state index contributed by atoms with van der Waals surface area (Å²) in [5.74, 6) is -0.838. The number of carbonyl (C=O) groups excluding carboxylic acids is 2. The van der Waals surface area contributed by atoms with Gasteiger partial charge in [0.25, 0.3) is 16.6 Å². The van der Waals surface area contributed by atoms with Gasteiger partial charge in [0.05, 0.1) is 45.7 Å². The fourth-order valence-corrected chi connectivity index (χ4v) is 21.8. The van der Waals surface area contributed by atoms with Crippen molar-refractivity contribution >= 4 is 55.6 Å². The van der Waals surface area contributed by atoms with Crippen molar-refractivity contribution in [2.45, 2.75) is 304 Å². The van der Waals surface area contributed by atoms with Gasteiger partial charge in [-0.25, -0.2) is 0 Å². The normalized spacial score (nSPS) is 12.4. The lowest BCUT2D eigenvalue weighted by Gasteiger charge is -2.45. The van der Waals surface area contributed by atoms with E-state index in [0.717, 1.165) is 96.9 Å². The lowest BCUT2D eigenvalue weighted by Crippen LogP contribution is -2.68. The first-order chi connectivity index (χ1) is 47.1. The zero-order valence-corrected chi connectivity index (χ0v) is 65.0. The number of hydrogen-bond donors (Lipinski definition) is 1. The van der Waals surface area contributed by atoms with E-state index >= 15 is 0 Å². The number of rotatable bonds is 56. The second kappa shape index (κ2) is 59.0. The summed E-state index contributed by atoms with van der Waals surface area (Å²) in [7, 11) is -3.92. The van der Waals surface area contributed by atoms with Crippen LogP contribution >= 0.6 is 0 Å². The number of carboxylic acid groups (broad SMARTS) is 1. The molecule has 0 radical (unpaired) electrons. The average Bonchev–Trinajstić information content (AvgIpc) is 0.755. The number of hydrogen-bond acceptors (Lipinski definition) is 10. The Labute approximate surface area is 601 Å². The van der Waals surface area contributed by atoms with E-state index < -0.39 is 22.6 Å². The van der Waals surface area contributed by atoms with Crippen molar-refractivity contribution in [1.82, 2.24) is 0 Å². The number of aliphatic carboxylic acids is 1. The van der Waals surface area contributed by atoms with Gasteiger partial charge >= 0.3 is 11.9 Å². The summed E-state index contributed by atoms with van der Waals surface area (Å²) in [6.07, 6.45) is 43.0. The maximum atomic E-state index is 11.2. The summed E-state index contributed by atoms with van der Waals surface area (Å²) in [5, 5.41) is 12.7. The number of methoxy groups -OCH3 is 1. The Kier molecular flexibility index (Phi) is 55.0. The van der Waals surface area contributed by atoms with Crippen LogP contribution in [0.4, 0.5) is 0 Å². The minimum atomic E-state index is -2.70. The molecule has 4 rings (SSSR count). The van der Waals surface area contributed by atoms with E-state index in [-0.39, 0.29) is 42.1 Å². The largest absolute Gasteiger partial charge is 0.481 e. The van der Waals surface area contributed by atoms with Crippen LogP contribution in [0.1, 0.15) is 282 Å². The fourth-order valence-electron chi connectivity index (χ4n) is 12.5. The third kappa shape index (κ3) is 40.2. The monoisotopic (exact) mass is 1400 g/mol. The number of unbranched alkanes of at least 4 members (excludes halogenated alkanes) is 26. The predicted octanol–water partition coefficient (Wildman–Crippen LogP) is 20.5.